The molecule has 0 saturated heterocycles. The van der Waals surface area contributed by atoms with Gasteiger partial charge in [-0.3, -0.25) is 0 Å². The van der Waals surface area contributed by atoms with Gasteiger partial charge in [0.2, 0.25) is 0 Å². The van der Waals surface area contributed by atoms with Crippen molar-refractivity contribution in [1.29, 1.82) is 0 Å². The van der Waals surface area contributed by atoms with Crippen LogP contribution < -0.4 is 5.32 Å². The van der Waals surface area contributed by atoms with Gasteiger partial charge in [-0.15, -0.1) is 12.4 Å². The number of hydrogen-bond acceptors (Lipinski definition) is 1. The topological polar surface area (TPSA) is 12.0 Å². The standard InChI is InChI=1S/C7H11N.ClH/c1-2-7(8-5-1)6-3-4-6;/h1-2,6-8H,3-5H2;1H. The summed E-state index contributed by atoms with van der Waals surface area (Å²) in [6.45, 7) is 1.10. The number of hydrogen-bond donors (Lipinski definition) is 1. The van der Waals surface area contributed by atoms with Gasteiger partial charge in [0, 0.05) is 12.6 Å². The van der Waals surface area contributed by atoms with Crippen molar-refractivity contribution in [3.8, 4) is 0 Å². The molecule has 9 heavy (non-hydrogen) atoms. The van der Waals surface area contributed by atoms with Crippen LogP contribution >= 0.6 is 12.4 Å². The van der Waals surface area contributed by atoms with Gasteiger partial charge in [0.1, 0.15) is 0 Å². The van der Waals surface area contributed by atoms with Gasteiger partial charge in [-0.25, -0.2) is 0 Å². The Morgan fingerprint density at radius 1 is 1.33 bits per heavy atom. The molecule has 1 aliphatic heterocycles. The Morgan fingerprint density at radius 3 is 2.56 bits per heavy atom. The number of nitrogens with one attached hydrogen (secondary N) is 1. The molecule has 1 unspecified atom stereocenters. The summed E-state index contributed by atoms with van der Waals surface area (Å²) in [5.41, 5.74) is 0. The molecule has 0 aromatic carbocycles. The third-order valence-corrected chi connectivity index (χ3v) is 1.94. The fourth-order valence-electron chi connectivity index (χ4n) is 1.27. The van der Waals surface area contributed by atoms with Gasteiger partial charge >= 0.3 is 0 Å². The molecule has 52 valence electrons. The lowest BCUT2D eigenvalue weighted by Gasteiger charge is -2.03. The molecule has 0 aromatic heterocycles. The maximum absolute atomic E-state index is 3.41. The SMILES string of the molecule is C1=CC(C2CC2)NC1.Cl. The van der Waals surface area contributed by atoms with Crippen LogP contribution in [-0.4, -0.2) is 12.6 Å². The first-order valence-electron chi connectivity index (χ1n) is 3.37. The lowest BCUT2D eigenvalue weighted by molar-refractivity contribution is 0.600. The highest BCUT2D eigenvalue weighted by Gasteiger charge is 2.29. The maximum atomic E-state index is 3.41. The Kier molecular flexibility index (Phi) is 2.14. The second kappa shape index (κ2) is 2.72. The van der Waals surface area contributed by atoms with Crippen molar-refractivity contribution in [1.82, 2.24) is 5.32 Å². The first-order valence-corrected chi connectivity index (χ1v) is 3.37. The summed E-state index contributed by atoms with van der Waals surface area (Å²) in [5, 5.41) is 3.41. The Balaban J connectivity index is 0.000000405. The summed E-state index contributed by atoms with van der Waals surface area (Å²) >= 11 is 0. The fourth-order valence-corrected chi connectivity index (χ4v) is 1.27. The third-order valence-electron chi connectivity index (χ3n) is 1.94. The van der Waals surface area contributed by atoms with Crippen molar-refractivity contribution in [3.05, 3.63) is 12.2 Å². The third kappa shape index (κ3) is 1.46. The molecule has 1 aliphatic carbocycles. The van der Waals surface area contributed by atoms with Gasteiger partial charge in [0.25, 0.3) is 0 Å². The lowest BCUT2D eigenvalue weighted by Crippen LogP contribution is -2.23. The Labute approximate surface area is 61.9 Å². The van der Waals surface area contributed by atoms with Crippen LogP contribution in [0.2, 0.25) is 0 Å². The molecule has 2 rings (SSSR count). The monoisotopic (exact) mass is 145 g/mol. The van der Waals surface area contributed by atoms with Crippen LogP contribution in [0.1, 0.15) is 12.8 Å². The second-order valence-corrected chi connectivity index (χ2v) is 2.70. The molecule has 0 radical (unpaired) electrons. The maximum Gasteiger partial charge on any atom is 0.0281 e. The van der Waals surface area contributed by atoms with E-state index >= 15 is 0 Å². The minimum Gasteiger partial charge on any atom is -0.307 e. The highest BCUT2D eigenvalue weighted by molar-refractivity contribution is 5.85. The van der Waals surface area contributed by atoms with Crippen LogP contribution in [0.15, 0.2) is 12.2 Å². The van der Waals surface area contributed by atoms with Crippen LogP contribution in [0.4, 0.5) is 0 Å². The summed E-state index contributed by atoms with van der Waals surface area (Å²) in [4.78, 5) is 0. The van der Waals surface area contributed by atoms with Gasteiger partial charge in [0.05, 0.1) is 0 Å². The van der Waals surface area contributed by atoms with E-state index < -0.39 is 0 Å². The highest BCUT2D eigenvalue weighted by Crippen LogP contribution is 2.33. The van der Waals surface area contributed by atoms with Crippen molar-refractivity contribution in [3.63, 3.8) is 0 Å². The van der Waals surface area contributed by atoms with Crippen molar-refractivity contribution in [2.45, 2.75) is 18.9 Å². The summed E-state index contributed by atoms with van der Waals surface area (Å²) in [6, 6.07) is 0.745. The predicted octanol–water partition coefficient (Wildman–Crippen LogP) is 1.35. The van der Waals surface area contributed by atoms with Gasteiger partial charge in [-0.05, 0) is 18.8 Å². The predicted molar refractivity (Wildman–Crippen MR) is 40.9 cm³/mol. The van der Waals surface area contributed by atoms with Gasteiger partial charge in [-0.1, -0.05) is 12.2 Å². The molecular formula is C7H12ClN. The minimum atomic E-state index is 0. The van der Waals surface area contributed by atoms with E-state index in [1.807, 2.05) is 0 Å². The molecule has 1 heterocycles. The van der Waals surface area contributed by atoms with Crippen molar-refractivity contribution < 1.29 is 0 Å². The molecule has 0 amide bonds. The zero-order chi connectivity index (χ0) is 5.40. The fraction of sp³-hybridized carbons (Fsp3) is 0.714. The van der Waals surface area contributed by atoms with Crippen LogP contribution in [0.5, 0.6) is 0 Å². The van der Waals surface area contributed by atoms with Crippen LogP contribution in [0.25, 0.3) is 0 Å². The summed E-state index contributed by atoms with van der Waals surface area (Å²) in [5.74, 6) is 0.994. The zero-order valence-corrected chi connectivity index (χ0v) is 6.16. The smallest absolute Gasteiger partial charge is 0.0281 e. The molecule has 1 N–H and O–H groups in total. The van der Waals surface area contributed by atoms with E-state index in [1.165, 1.54) is 12.8 Å². The lowest BCUT2D eigenvalue weighted by atomic mass is 10.2. The van der Waals surface area contributed by atoms with E-state index in [4.69, 9.17) is 0 Å². The number of halogens is 1. The quantitative estimate of drug-likeness (QED) is 0.550. The summed E-state index contributed by atoms with van der Waals surface area (Å²) < 4.78 is 0. The number of rotatable bonds is 1. The average molecular weight is 146 g/mol. The molecule has 1 nitrogen and oxygen atoms in total. The Bertz CT molecular complexity index is 118. The normalized spacial score (nSPS) is 32.2. The molecule has 1 atom stereocenters. The molecule has 1 saturated carbocycles. The zero-order valence-electron chi connectivity index (χ0n) is 5.34. The summed E-state index contributed by atoms with van der Waals surface area (Å²) in [7, 11) is 0. The molecule has 1 fully saturated rings. The molecular weight excluding hydrogens is 134 g/mol. The van der Waals surface area contributed by atoms with E-state index in [0.717, 1.165) is 18.5 Å². The Hall–Kier alpha value is -0.0100. The van der Waals surface area contributed by atoms with Crippen molar-refractivity contribution in [2.24, 2.45) is 5.92 Å². The van der Waals surface area contributed by atoms with E-state index in [9.17, 15) is 0 Å². The van der Waals surface area contributed by atoms with Crippen molar-refractivity contribution >= 4 is 12.4 Å². The van der Waals surface area contributed by atoms with E-state index in [0.29, 0.717) is 0 Å². The van der Waals surface area contributed by atoms with E-state index in [1.54, 1.807) is 0 Å². The first kappa shape index (κ1) is 7.10. The highest BCUT2D eigenvalue weighted by atomic mass is 35.5. The van der Waals surface area contributed by atoms with E-state index in [2.05, 4.69) is 17.5 Å². The molecule has 0 bridgehead atoms. The van der Waals surface area contributed by atoms with Crippen molar-refractivity contribution in [2.75, 3.05) is 6.54 Å². The van der Waals surface area contributed by atoms with Gasteiger partial charge < -0.3 is 5.32 Å². The Morgan fingerprint density at radius 2 is 2.11 bits per heavy atom. The minimum absolute atomic E-state index is 0. The van der Waals surface area contributed by atoms with Gasteiger partial charge in [-0.2, -0.15) is 0 Å². The second-order valence-electron chi connectivity index (χ2n) is 2.70. The van der Waals surface area contributed by atoms with Gasteiger partial charge in [0.15, 0.2) is 0 Å². The van der Waals surface area contributed by atoms with Crippen LogP contribution in [0, 0.1) is 5.92 Å². The molecule has 0 spiro atoms. The first-order chi connectivity index (χ1) is 3.97. The molecule has 2 aliphatic rings. The van der Waals surface area contributed by atoms with E-state index in [-0.39, 0.29) is 12.4 Å². The largest absolute Gasteiger partial charge is 0.307 e. The van der Waals surface area contributed by atoms with Crippen LogP contribution in [0.3, 0.4) is 0 Å². The molecule has 0 aromatic rings. The molecule has 2 heteroatoms. The average Bonchev–Trinajstić information content (AvgIpc) is 2.49. The summed E-state index contributed by atoms with van der Waals surface area (Å²) in [6.07, 6.45) is 7.42. The van der Waals surface area contributed by atoms with Crippen LogP contribution in [-0.2, 0) is 0 Å².